The van der Waals surface area contributed by atoms with Gasteiger partial charge in [0.1, 0.15) is 5.56 Å². The van der Waals surface area contributed by atoms with Crippen LogP contribution in [0, 0.1) is 6.92 Å². The Hall–Kier alpha value is -4.20. The summed E-state index contributed by atoms with van der Waals surface area (Å²) in [6.07, 6.45) is 1.39. The number of fused-ring (bicyclic) bond motifs is 1. The monoisotopic (exact) mass is 544 g/mol. The van der Waals surface area contributed by atoms with Gasteiger partial charge in [-0.1, -0.05) is 59.6 Å². The molecule has 0 unspecified atom stereocenters. The highest BCUT2D eigenvalue weighted by molar-refractivity contribution is 6.36. The topological polar surface area (TPSA) is 86.1 Å². The van der Waals surface area contributed by atoms with Crippen molar-refractivity contribution in [2.75, 3.05) is 11.9 Å². The standard InChI is InChI=1S/C29H22Cl2N4O3/c1-3-38-29(37)22-16-32-35(19-9-5-4-6-10-19)27(22)34-28(36)25-17(2)26(20-14-13-18(30)15-23(20)31)33-24-12-8-7-11-21(24)25/h4-16H,3H2,1-2H3,(H,34,36). The van der Waals surface area contributed by atoms with Crippen molar-refractivity contribution in [2.24, 2.45) is 0 Å². The molecule has 0 atom stereocenters. The lowest BCUT2D eigenvalue weighted by atomic mass is 9.97. The smallest absolute Gasteiger partial charge is 0.343 e. The molecule has 0 aliphatic carbocycles. The van der Waals surface area contributed by atoms with Crippen LogP contribution in [0.4, 0.5) is 5.82 Å². The SMILES string of the molecule is CCOC(=O)c1cnn(-c2ccccc2)c1NC(=O)c1c(C)c(-c2ccc(Cl)cc2Cl)nc2ccccc12. The van der Waals surface area contributed by atoms with Crippen molar-refractivity contribution in [3.05, 3.63) is 106 Å². The van der Waals surface area contributed by atoms with Gasteiger partial charge in [0.2, 0.25) is 0 Å². The van der Waals surface area contributed by atoms with E-state index in [0.717, 1.165) is 0 Å². The maximum absolute atomic E-state index is 14.0. The molecule has 9 heteroatoms. The molecular formula is C29H22Cl2N4O3. The molecule has 3 aromatic carbocycles. The second-order valence-corrected chi connectivity index (χ2v) is 9.27. The molecule has 2 aromatic heterocycles. The van der Waals surface area contributed by atoms with Gasteiger partial charge in [0.05, 0.1) is 40.3 Å². The van der Waals surface area contributed by atoms with Crippen molar-refractivity contribution < 1.29 is 14.3 Å². The van der Waals surface area contributed by atoms with Gasteiger partial charge >= 0.3 is 5.97 Å². The number of esters is 1. The molecule has 5 rings (SSSR count). The van der Waals surface area contributed by atoms with Gasteiger partial charge in [0, 0.05) is 16.0 Å². The summed E-state index contributed by atoms with van der Waals surface area (Å²) in [5.74, 6) is -0.823. The number of pyridine rings is 1. The van der Waals surface area contributed by atoms with Gasteiger partial charge in [-0.25, -0.2) is 14.5 Å². The Kier molecular flexibility index (Phi) is 7.13. The fourth-order valence-corrected chi connectivity index (χ4v) is 4.80. The van der Waals surface area contributed by atoms with Crippen LogP contribution in [0.2, 0.25) is 10.0 Å². The third-order valence-corrected chi connectivity index (χ3v) is 6.59. The molecule has 0 spiro atoms. The molecule has 0 saturated carbocycles. The summed E-state index contributed by atoms with van der Waals surface area (Å²) in [6, 6.07) is 21.7. The minimum atomic E-state index is -0.588. The van der Waals surface area contributed by atoms with E-state index in [-0.39, 0.29) is 18.0 Å². The number of para-hydroxylation sites is 2. The van der Waals surface area contributed by atoms with Crippen LogP contribution in [0.1, 0.15) is 33.2 Å². The molecule has 38 heavy (non-hydrogen) atoms. The molecule has 0 aliphatic heterocycles. The number of rotatable bonds is 6. The maximum atomic E-state index is 14.0. The lowest BCUT2D eigenvalue weighted by molar-refractivity contribution is 0.0527. The molecule has 7 nitrogen and oxygen atoms in total. The number of nitrogens with zero attached hydrogens (tertiary/aromatic N) is 3. The number of hydrogen-bond donors (Lipinski definition) is 1. The number of ether oxygens (including phenoxy) is 1. The van der Waals surface area contributed by atoms with Gasteiger partial charge in [-0.05, 0) is 55.8 Å². The first-order chi connectivity index (χ1) is 18.4. The van der Waals surface area contributed by atoms with E-state index in [0.29, 0.717) is 49.0 Å². The van der Waals surface area contributed by atoms with Crippen LogP contribution in [0.3, 0.4) is 0 Å². The van der Waals surface area contributed by atoms with E-state index in [1.807, 2.05) is 61.5 Å². The molecule has 2 heterocycles. The number of benzene rings is 3. The largest absolute Gasteiger partial charge is 0.462 e. The average Bonchev–Trinajstić information content (AvgIpc) is 3.32. The number of anilines is 1. The first kappa shape index (κ1) is 25.4. The van der Waals surface area contributed by atoms with Crippen LogP contribution in [-0.4, -0.2) is 33.2 Å². The lowest BCUT2D eigenvalue weighted by Crippen LogP contribution is -2.20. The van der Waals surface area contributed by atoms with Gasteiger partial charge < -0.3 is 10.1 Å². The van der Waals surface area contributed by atoms with E-state index in [1.165, 1.54) is 10.9 Å². The third kappa shape index (κ3) is 4.74. The zero-order chi connectivity index (χ0) is 26.8. The normalized spacial score (nSPS) is 10.9. The van der Waals surface area contributed by atoms with Gasteiger partial charge in [-0.3, -0.25) is 4.79 Å². The fourth-order valence-electron chi connectivity index (χ4n) is 4.31. The van der Waals surface area contributed by atoms with E-state index < -0.39 is 11.9 Å². The van der Waals surface area contributed by atoms with Gasteiger partial charge in [-0.15, -0.1) is 0 Å². The Balaban J connectivity index is 1.67. The molecule has 0 saturated heterocycles. The van der Waals surface area contributed by atoms with Crippen molar-refractivity contribution in [2.45, 2.75) is 13.8 Å². The Morgan fingerprint density at radius 1 is 1.00 bits per heavy atom. The van der Waals surface area contributed by atoms with E-state index in [4.69, 9.17) is 32.9 Å². The molecule has 1 N–H and O–H groups in total. The molecule has 0 radical (unpaired) electrons. The maximum Gasteiger partial charge on any atom is 0.343 e. The van der Waals surface area contributed by atoms with Crippen LogP contribution < -0.4 is 5.32 Å². The van der Waals surface area contributed by atoms with Crippen LogP contribution in [0.25, 0.3) is 27.8 Å². The van der Waals surface area contributed by atoms with Crippen LogP contribution in [0.5, 0.6) is 0 Å². The van der Waals surface area contributed by atoms with Gasteiger partial charge in [0.25, 0.3) is 5.91 Å². The van der Waals surface area contributed by atoms with Crippen molar-refractivity contribution in [3.8, 4) is 16.9 Å². The van der Waals surface area contributed by atoms with Crippen LogP contribution in [0.15, 0.2) is 79.0 Å². The van der Waals surface area contributed by atoms with Crippen molar-refractivity contribution in [1.29, 1.82) is 0 Å². The number of carbonyl (C=O) groups excluding carboxylic acids is 2. The van der Waals surface area contributed by atoms with Crippen molar-refractivity contribution in [1.82, 2.24) is 14.8 Å². The molecular weight excluding hydrogens is 523 g/mol. The Labute approximate surface area is 229 Å². The quantitative estimate of drug-likeness (QED) is 0.230. The second kappa shape index (κ2) is 10.7. The zero-order valence-corrected chi connectivity index (χ0v) is 22.0. The molecule has 0 bridgehead atoms. The van der Waals surface area contributed by atoms with Crippen LogP contribution >= 0.6 is 23.2 Å². The predicted molar refractivity (Wildman–Crippen MR) is 149 cm³/mol. The van der Waals surface area contributed by atoms with E-state index in [1.54, 1.807) is 25.1 Å². The van der Waals surface area contributed by atoms with E-state index >= 15 is 0 Å². The Morgan fingerprint density at radius 2 is 1.74 bits per heavy atom. The molecule has 0 fully saturated rings. The van der Waals surface area contributed by atoms with Gasteiger partial charge in [0.15, 0.2) is 5.82 Å². The summed E-state index contributed by atoms with van der Waals surface area (Å²) in [4.78, 5) is 31.6. The summed E-state index contributed by atoms with van der Waals surface area (Å²) >= 11 is 12.6. The minimum absolute atomic E-state index is 0.140. The van der Waals surface area contributed by atoms with Crippen molar-refractivity contribution >= 4 is 51.8 Å². The molecule has 190 valence electrons. The number of carbonyl (C=O) groups is 2. The zero-order valence-electron chi connectivity index (χ0n) is 20.5. The number of hydrogen-bond acceptors (Lipinski definition) is 5. The highest BCUT2D eigenvalue weighted by Crippen LogP contribution is 2.35. The number of amides is 1. The summed E-state index contributed by atoms with van der Waals surface area (Å²) in [6.45, 7) is 3.71. The summed E-state index contributed by atoms with van der Waals surface area (Å²) < 4.78 is 6.72. The first-order valence-corrected chi connectivity index (χ1v) is 12.6. The highest BCUT2D eigenvalue weighted by atomic mass is 35.5. The number of nitrogens with one attached hydrogen (secondary N) is 1. The first-order valence-electron chi connectivity index (χ1n) is 11.9. The summed E-state index contributed by atoms with van der Waals surface area (Å²) in [7, 11) is 0. The summed E-state index contributed by atoms with van der Waals surface area (Å²) in [5.41, 5.74) is 3.64. The average molecular weight is 545 g/mol. The minimum Gasteiger partial charge on any atom is -0.462 e. The predicted octanol–water partition coefficient (Wildman–Crippen LogP) is 7.13. The van der Waals surface area contributed by atoms with E-state index in [2.05, 4.69) is 10.4 Å². The Bertz CT molecular complexity index is 1680. The van der Waals surface area contributed by atoms with E-state index in [9.17, 15) is 9.59 Å². The molecule has 0 aliphatic rings. The molecule has 1 amide bonds. The third-order valence-electron chi connectivity index (χ3n) is 6.05. The fraction of sp³-hybridized carbons (Fsp3) is 0.103. The summed E-state index contributed by atoms with van der Waals surface area (Å²) in [5, 5.41) is 8.86. The van der Waals surface area contributed by atoms with Crippen molar-refractivity contribution in [3.63, 3.8) is 0 Å². The number of halogens is 2. The highest BCUT2D eigenvalue weighted by Gasteiger charge is 2.25. The Morgan fingerprint density at radius 3 is 2.47 bits per heavy atom. The molecule has 5 aromatic rings. The van der Waals surface area contributed by atoms with Gasteiger partial charge in [-0.2, -0.15) is 5.10 Å². The van der Waals surface area contributed by atoms with Crippen LogP contribution in [-0.2, 0) is 4.74 Å². The second-order valence-electron chi connectivity index (χ2n) is 8.43. The number of aromatic nitrogens is 3. The lowest BCUT2D eigenvalue weighted by Gasteiger charge is -2.17.